The molecular weight excluding hydrogens is 359 g/mol. The van der Waals surface area contributed by atoms with Crippen molar-refractivity contribution in [1.29, 1.82) is 0 Å². The Balaban J connectivity index is 0.0000001000. The van der Waals surface area contributed by atoms with Gasteiger partial charge in [0.2, 0.25) is 0 Å². The van der Waals surface area contributed by atoms with Gasteiger partial charge >= 0.3 is 79.6 Å². The van der Waals surface area contributed by atoms with Crippen molar-refractivity contribution in [2.45, 2.75) is 0 Å². The van der Waals surface area contributed by atoms with E-state index in [9.17, 15) is 0 Å². The van der Waals surface area contributed by atoms with Crippen LogP contribution in [0.15, 0.2) is 24.8 Å². The molecule has 6 heteroatoms. The Kier molecular flexibility index (Phi) is 5.01. The topological polar surface area (TPSA) is 51.6 Å². The summed E-state index contributed by atoms with van der Waals surface area (Å²) in [5.41, 5.74) is 0. The van der Waals surface area contributed by atoms with Gasteiger partial charge in [0, 0.05) is 0 Å². The first-order chi connectivity index (χ1) is 5.00. The van der Waals surface area contributed by atoms with Crippen molar-refractivity contribution < 1.29 is 0 Å². The van der Waals surface area contributed by atoms with E-state index in [0.29, 0.717) is 0 Å². The summed E-state index contributed by atoms with van der Waals surface area (Å²) in [6.07, 6.45) is 7.01. The van der Waals surface area contributed by atoms with E-state index in [1.807, 2.05) is 0 Å². The first kappa shape index (κ1) is 8.36. The molecule has 4 nitrogen and oxygen atoms in total. The van der Waals surface area contributed by atoms with E-state index < -0.39 is 0 Å². The molecule has 10 heavy (non-hydrogen) atoms. The summed E-state index contributed by atoms with van der Waals surface area (Å²) in [5, 5.41) is 0. The molecule has 0 bridgehead atoms. The van der Waals surface area contributed by atoms with E-state index in [1.54, 1.807) is 24.8 Å². The Labute approximate surface area is 79.1 Å². The van der Waals surface area contributed by atoms with Gasteiger partial charge in [-0.3, -0.25) is 0 Å². The molecule has 0 atom stereocenters. The number of rotatable bonds is 0. The minimum atomic E-state index is -0.257. The van der Waals surface area contributed by atoms with Crippen LogP contribution in [0.4, 0.5) is 0 Å². The maximum absolute atomic E-state index is 3.87. The molecule has 2 aromatic heterocycles. The molecule has 0 N–H and O–H groups in total. The molecule has 0 unspecified atom stereocenters. The van der Waals surface area contributed by atoms with Gasteiger partial charge in [-0.05, 0) is 0 Å². The van der Waals surface area contributed by atoms with E-state index >= 15 is 0 Å². The molecule has 0 amide bonds. The molecule has 0 aromatic carbocycles. The summed E-state index contributed by atoms with van der Waals surface area (Å²) >= 11 is -0.513. The Morgan fingerprint density at radius 3 is 1.00 bits per heavy atom. The Morgan fingerprint density at radius 1 is 0.600 bits per heavy atom. The van der Waals surface area contributed by atoms with E-state index in [-0.39, 0.29) is 42.0 Å². The first-order valence-electron chi connectivity index (χ1n) is 2.43. The fraction of sp³-hybridized carbons (Fsp3) is 0. The van der Waals surface area contributed by atoms with Crippen LogP contribution in [0.3, 0.4) is 0 Å². The van der Waals surface area contributed by atoms with E-state index in [4.69, 9.17) is 0 Å². The van der Waals surface area contributed by atoms with Gasteiger partial charge < -0.3 is 0 Å². The Hall–Kier alpha value is 0.259. The summed E-state index contributed by atoms with van der Waals surface area (Å²) in [7, 11) is 0. The van der Waals surface area contributed by atoms with Gasteiger partial charge in [0.25, 0.3) is 0 Å². The van der Waals surface area contributed by atoms with Crippen LogP contribution in [-0.4, -0.2) is 54.8 Å². The van der Waals surface area contributed by atoms with Crippen LogP contribution in [0.2, 0.25) is 0 Å². The zero-order valence-corrected chi connectivity index (χ0v) is 9.58. The van der Waals surface area contributed by atoms with Crippen LogP contribution >= 0.6 is 0 Å². The molecule has 0 aliphatic rings. The van der Waals surface area contributed by atoms with E-state index in [2.05, 4.69) is 12.8 Å². The van der Waals surface area contributed by atoms with Crippen molar-refractivity contribution in [2.24, 2.45) is 0 Å². The minimum absolute atomic E-state index is 0.257. The van der Waals surface area contributed by atoms with E-state index in [1.165, 1.54) is 0 Å². The quantitative estimate of drug-likeness (QED) is 0.568. The molecule has 0 saturated heterocycles. The summed E-state index contributed by atoms with van der Waals surface area (Å²) in [4.78, 5) is 0. The molecule has 0 radical (unpaired) electrons. The standard InChI is InChI=1S/2C2H2N2Te/c2*1-2-4-5-3-1/h2*1-2H. The van der Waals surface area contributed by atoms with Crippen LogP contribution in [-0.2, 0) is 0 Å². The van der Waals surface area contributed by atoms with Crippen molar-refractivity contribution in [3.8, 4) is 0 Å². The Bertz CT molecular complexity index is 154. The molecule has 2 rings (SSSR count). The van der Waals surface area contributed by atoms with E-state index in [0.717, 1.165) is 0 Å². The van der Waals surface area contributed by atoms with Crippen molar-refractivity contribution in [3.05, 3.63) is 24.8 Å². The third-order valence-corrected chi connectivity index (χ3v) is 3.03. The van der Waals surface area contributed by atoms with Gasteiger partial charge in [0.05, 0.1) is 0 Å². The number of aromatic nitrogens is 4. The fourth-order valence-electron chi connectivity index (χ4n) is 0.272. The summed E-state index contributed by atoms with van der Waals surface area (Å²) in [6.45, 7) is 0. The second-order valence-corrected chi connectivity index (χ2v) is 4.52. The molecule has 0 aliphatic heterocycles. The van der Waals surface area contributed by atoms with Crippen molar-refractivity contribution in [1.82, 2.24) is 12.8 Å². The van der Waals surface area contributed by atoms with Gasteiger partial charge in [-0.15, -0.1) is 0 Å². The average molecular weight is 363 g/mol. The number of hydrogen-bond donors (Lipinski definition) is 0. The third-order valence-electron chi connectivity index (χ3n) is 0.565. The molecule has 2 heterocycles. The average Bonchev–Trinajstić information content (AvgIpc) is 2.67. The second kappa shape index (κ2) is 6.00. The van der Waals surface area contributed by atoms with Gasteiger partial charge in [-0.25, -0.2) is 0 Å². The monoisotopic (exact) mass is 368 g/mol. The van der Waals surface area contributed by atoms with Gasteiger partial charge in [0.1, 0.15) is 0 Å². The molecule has 0 saturated carbocycles. The molecule has 2 aromatic rings. The van der Waals surface area contributed by atoms with Crippen LogP contribution in [0, 0.1) is 0 Å². The SMILES string of the molecule is c1cn[te]n1.c1cn[te]n1. The van der Waals surface area contributed by atoms with Crippen molar-refractivity contribution in [2.75, 3.05) is 0 Å². The van der Waals surface area contributed by atoms with Crippen molar-refractivity contribution in [3.63, 3.8) is 0 Å². The molecular formula is C4H4N4Te2. The predicted octanol–water partition coefficient (Wildman–Crippen LogP) is -0.933. The number of nitrogens with zero attached hydrogens (tertiary/aromatic N) is 4. The van der Waals surface area contributed by atoms with Crippen LogP contribution in [0.25, 0.3) is 0 Å². The summed E-state index contributed by atoms with van der Waals surface area (Å²) in [6, 6.07) is 0. The molecule has 0 aliphatic carbocycles. The summed E-state index contributed by atoms with van der Waals surface area (Å²) in [5.74, 6) is 0. The van der Waals surface area contributed by atoms with Crippen molar-refractivity contribution >= 4 is 42.0 Å². The van der Waals surface area contributed by atoms with Crippen LogP contribution < -0.4 is 0 Å². The number of hydrogen-bond acceptors (Lipinski definition) is 4. The zero-order chi connectivity index (χ0) is 7.07. The summed E-state index contributed by atoms with van der Waals surface area (Å²) < 4.78 is 15.5. The Morgan fingerprint density at radius 2 is 0.900 bits per heavy atom. The van der Waals surface area contributed by atoms with Crippen LogP contribution in [0.1, 0.15) is 0 Å². The normalized spacial score (nSPS) is 8.00. The zero-order valence-electron chi connectivity index (χ0n) is 4.91. The fourth-order valence-corrected chi connectivity index (χ4v) is 1.83. The molecule has 52 valence electrons. The first-order valence-corrected chi connectivity index (χ1v) is 6.60. The predicted molar refractivity (Wildman–Crippen MR) is 37.9 cm³/mol. The molecule has 0 spiro atoms. The second-order valence-electron chi connectivity index (χ2n) is 1.18. The molecule has 0 fully saturated rings. The van der Waals surface area contributed by atoms with Gasteiger partial charge in [-0.2, -0.15) is 0 Å². The third kappa shape index (κ3) is 4.14. The maximum atomic E-state index is 3.87. The van der Waals surface area contributed by atoms with Crippen LogP contribution in [0.5, 0.6) is 0 Å². The van der Waals surface area contributed by atoms with Gasteiger partial charge in [-0.1, -0.05) is 0 Å². The van der Waals surface area contributed by atoms with Gasteiger partial charge in [0.15, 0.2) is 0 Å².